The molecular formula is C43H27NO2. The summed E-state index contributed by atoms with van der Waals surface area (Å²) in [7, 11) is 0. The summed E-state index contributed by atoms with van der Waals surface area (Å²) in [6.45, 7) is 0. The molecule has 0 spiro atoms. The molecule has 1 heterocycles. The zero-order chi connectivity index (χ0) is 30.6. The maximum atomic E-state index is 13.9. The minimum Gasteiger partial charge on any atom is -0.455 e. The molecule has 9 rings (SSSR count). The molecular weight excluding hydrogens is 562 g/mol. The molecule has 3 heteroatoms. The van der Waals surface area contributed by atoms with Crippen LogP contribution in [0.25, 0.3) is 55.3 Å². The van der Waals surface area contributed by atoms with Crippen LogP contribution in [-0.2, 0) is 0 Å². The number of nitrogens with zero attached hydrogens (tertiary/aromatic N) is 1. The second-order valence-corrected chi connectivity index (χ2v) is 11.7. The lowest BCUT2D eigenvalue weighted by atomic mass is 10.00. The molecule has 0 saturated carbocycles. The fraction of sp³-hybridized carbons (Fsp3) is 0. The molecule has 7 aromatic carbocycles. The standard InChI is InChI=1S/C43H27NO2/c45-42-37-14-5-4-12-34(37)36-16-9-18-39(41(36)42)44(31-24-20-29(21-25-31)28-10-2-1-3-11-28)32-26-22-30(23-27-32)33-15-8-17-38-35-13-6-7-19-40(35)46-43(33)38/h1-27H. The highest BCUT2D eigenvalue weighted by Gasteiger charge is 2.31. The molecule has 46 heavy (non-hydrogen) atoms. The van der Waals surface area contributed by atoms with E-state index in [4.69, 9.17) is 4.42 Å². The monoisotopic (exact) mass is 589 g/mol. The Kier molecular flexibility index (Phi) is 5.97. The molecule has 0 fully saturated rings. The Bertz CT molecular complexity index is 2420. The van der Waals surface area contributed by atoms with Gasteiger partial charge in [0.2, 0.25) is 0 Å². The number of benzene rings is 7. The number of rotatable bonds is 5. The van der Waals surface area contributed by atoms with Gasteiger partial charge in [-0.15, -0.1) is 0 Å². The van der Waals surface area contributed by atoms with Crippen molar-refractivity contribution in [1.29, 1.82) is 0 Å². The lowest BCUT2D eigenvalue weighted by molar-refractivity contribution is 0.104. The number of fused-ring (bicyclic) bond motifs is 6. The molecule has 1 aliphatic carbocycles. The molecule has 0 saturated heterocycles. The molecule has 1 aliphatic rings. The summed E-state index contributed by atoms with van der Waals surface area (Å²) >= 11 is 0. The average Bonchev–Trinajstić information content (AvgIpc) is 3.65. The second kappa shape index (κ2) is 10.5. The molecule has 0 unspecified atom stereocenters. The van der Waals surface area contributed by atoms with Crippen molar-refractivity contribution in [3.8, 4) is 33.4 Å². The summed E-state index contributed by atoms with van der Waals surface area (Å²) in [5, 5.41) is 2.22. The molecule has 8 aromatic rings. The van der Waals surface area contributed by atoms with E-state index in [1.165, 1.54) is 0 Å². The highest BCUT2D eigenvalue weighted by atomic mass is 16.3. The number of carbonyl (C=O) groups excluding carboxylic acids is 1. The lowest BCUT2D eigenvalue weighted by Gasteiger charge is -2.27. The van der Waals surface area contributed by atoms with Gasteiger partial charge in [-0.3, -0.25) is 4.79 Å². The van der Waals surface area contributed by atoms with Crippen LogP contribution in [0.2, 0.25) is 0 Å². The summed E-state index contributed by atoms with van der Waals surface area (Å²) in [6.07, 6.45) is 0. The number of furan rings is 1. The molecule has 1 aromatic heterocycles. The number of ketones is 1. The number of carbonyl (C=O) groups is 1. The van der Waals surface area contributed by atoms with E-state index < -0.39 is 0 Å². The maximum absolute atomic E-state index is 13.9. The first-order valence-corrected chi connectivity index (χ1v) is 15.5. The third-order valence-corrected chi connectivity index (χ3v) is 9.05. The van der Waals surface area contributed by atoms with Crippen molar-refractivity contribution in [2.24, 2.45) is 0 Å². The first-order chi connectivity index (χ1) is 22.7. The number of para-hydroxylation sites is 2. The van der Waals surface area contributed by atoms with Gasteiger partial charge in [0.25, 0.3) is 0 Å². The van der Waals surface area contributed by atoms with E-state index in [1.807, 2.05) is 54.6 Å². The largest absolute Gasteiger partial charge is 0.455 e. The molecule has 0 N–H and O–H groups in total. The van der Waals surface area contributed by atoms with Gasteiger partial charge in [-0.25, -0.2) is 0 Å². The van der Waals surface area contributed by atoms with Crippen LogP contribution >= 0.6 is 0 Å². The summed E-state index contributed by atoms with van der Waals surface area (Å²) < 4.78 is 6.35. The predicted octanol–water partition coefficient (Wildman–Crippen LogP) is 11.6. The molecule has 0 bridgehead atoms. The Hall–Kier alpha value is -6.19. The van der Waals surface area contributed by atoms with E-state index in [1.54, 1.807) is 0 Å². The third-order valence-electron chi connectivity index (χ3n) is 9.05. The zero-order valence-electron chi connectivity index (χ0n) is 24.9. The van der Waals surface area contributed by atoms with Crippen molar-refractivity contribution in [1.82, 2.24) is 0 Å². The van der Waals surface area contributed by atoms with E-state index in [0.29, 0.717) is 0 Å². The Morgan fingerprint density at radius 3 is 1.76 bits per heavy atom. The third kappa shape index (κ3) is 4.10. The summed E-state index contributed by atoms with van der Waals surface area (Å²) in [5.74, 6) is 0.0558. The van der Waals surface area contributed by atoms with Crippen LogP contribution in [0.5, 0.6) is 0 Å². The molecule has 3 nitrogen and oxygen atoms in total. The highest BCUT2D eigenvalue weighted by molar-refractivity contribution is 6.25. The van der Waals surface area contributed by atoms with Crippen LogP contribution in [0.1, 0.15) is 15.9 Å². The van der Waals surface area contributed by atoms with Crippen molar-refractivity contribution in [3.63, 3.8) is 0 Å². The minimum absolute atomic E-state index is 0.0558. The Morgan fingerprint density at radius 1 is 0.413 bits per heavy atom. The van der Waals surface area contributed by atoms with E-state index in [-0.39, 0.29) is 5.78 Å². The van der Waals surface area contributed by atoms with Crippen molar-refractivity contribution in [2.45, 2.75) is 0 Å². The van der Waals surface area contributed by atoms with Gasteiger partial charge in [-0.1, -0.05) is 127 Å². The molecule has 0 atom stereocenters. The van der Waals surface area contributed by atoms with Gasteiger partial charge in [0, 0.05) is 33.3 Å². The first-order valence-electron chi connectivity index (χ1n) is 15.5. The quantitative estimate of drug-likeness (QED) is 0.200. The number of hydrogen-bond acceptors (Lipinski definition) is 3. The van der Waals surface area contributed by atoms with Crippen molar-refractivity contribution >= 4 is 44.8 Å². The van der Waals surface area contributed by atoms with Gasteiger partial charge < -0.3 is 9.32 Å². The molecule has 216 valence electrons. The van der Waals surface area contributed by atoms with E-state index in [0.717, 1.165) is 83.5 Å². The Morgan fingerprint density at radius 2 is 0.978 bits per heavy atom. The maximum Gasteiger partial charge on any atom is 0.196 e. The Balaban J connectivity index is 1.19. The van der Waals surface area contributed by atoms with Crippen LogP contribution in [0.15, 0.2) is 168 Å². The topological polar surface area (TPSA) is 33.5 Å². The van der Waals surface area contributed by atoms with E-state index >= 15 is 0 Å². The smallest absolute Gasteiger partial charge is 0.196 e. The second-order valence-electron chi connectivity index (χ2n) is 11.7. The van der Waals surface area contributed by atoms with Crippen LogP contribution in [0.3, 0.4) is 0 Å². The predicted molar refractivity (Wildman–Crippen MR) is 188 cm³/mol. The molecule has 0 amide bonds. The van der Waals surface area contributed by atoms with Crippen LogP contribution in [-0.4, -0.2) is 5.78 Å². The van der Waals surface area contributed by atoms with Gasteiger partial charge >= 0.3 is 0 Å². The normalized spacial score (nSPS) is 12.0. The highest BCUT2D eigenvalue weighted by Crippen LogP contribution is 2.46. The minimum atomic E-state index is 0.0558. The van der Waals surface area contributed by atoms with Crippen molar-refractivity contribution in [3.05, 3.63) is 175 Å². The zero-order valence-corrected chi connectivity index (χ0v) is 24.9. The van der Waals surface area contributed by atoms with Crippen molar-refractivity contribution in [2.75, 3.05) is 4.90 Å². The average molecular weight is 590 g/mol. The lowest BCUT2D eigenvalue weighted by Crippen LogP contribution is -2.13. The van der Waals surface area contributed by atoms with Gasteiger partial charge in [0.15, 0.2) is 5.78 Å². The van der Waals surface area contributed by atoms with Gasteiger partial charge in [-0.2, -0.15) is 0 Å². The van der Waals surface area contributed by atoms with Crippen LogP contribution < -0.4 is 4.90 Å². The number of anilines is 3. The van der Waals surface area contributed by atoms with Crippen LogP contribution in [0.4, 0.5) is 17.1 Å². The fourth-order valence-corrected chi connectivity index (χ4v) is 6.87. The van der Waals surface area contributed by atoms with Crippen LogP contribution in [0, 0.1) is 0 Å². The Labute approximate surface area is 266 Å². The number of hydrogen-bond donors (Lipinski definition) is 0. The summed E-state index contributed by atoms with van der Waals surface area (Å²) in [4.78, 5) is 16.1. The SMILES string of the molecule is O=C1c2ccccc2-c2cccc(N(c3ccc(-c4ccccc4)cc3)c3ccc(-c4cccc5c4oc4ccccc45)cc3)c21. The van der Waals surface area contributed by atoms with Crippen molar-refractivity contribution < 1.29 is 9.21 Å². The molecule has 0 aliphatic heterocycles. The fourth-order valence-electron chi connectivity index (χ4n) is 6.87. The van der Waals surface area contributed by atoms with Gasteiger partial charge in [-0.05, 0) is 64.2 Å². The summed E-state index contributed by atoms with van der Waals surface area (Å²) in [5.41, 5.74) is 12.4. The van der Waals surface area contributed by atoms with E-state index in [2.05, 4.69) is 114 Å². The molecule has 0 radical (unpaired) electrons. The summed E-state index contributed by atoms with van der Waals surface area (Å²) in [6, 6.07) is 56.0. The van der Waals surface area contributed by atoms with Gasteiger partial charge in [0.05, 0.1) is 11.3 Å². The van der Waals surface area contributed by atoms with E-state index in [9.17, 15) is 4.79 Å². The first kappa shape index (κ1) is 26.2. The van der Waals surface area contributed by atoms with Gasteiger partial charge in [0.1, 0.15) is 11.2 Å².